The van der Waals surface area contributed by atoms with Crippen molar-refractivity contribution >= 4 is 31.5 Å². The molecule has 0 unspecified atom stereocenters. The lowest BCUT2D eigenvalue weighted by Gasteiger charge is -2.33. The second-order valence-corrected chi connectivity index (χ2v) is 13.7. The molecule has 0 bridgehead atoms. The summed E-state index contributed by atoms with van der Waals surface area (Å²) in [7, 11) is -9.24. The zero-order chi connectivity index (χ0) is 32.2. The highest BCUT2D eigenvalue weighted by atomic mass is 32.2. The van der Waals surface area contributed by atoms with Crippen LogP contribution in [0, 0.1) is 0 Å². The smallest absolute Gasteiger partial charge is 0.294 e. The molecule has 4 rings (SSSR count). The molecule has 0 aromatic heterocycles. The highest BCUT2D eigenvalue weighted by Crippen LogP contribution is 2.51. The van der Waals surface area contributed by atoms with Gasteiger partial charge < -0.3 is 24.7 Å². The third-order valence-electron chi connectivity index (χ3n) is 8.00. The number of sulfonamides is 1. The summed E-state index contributed by atoms with van der Waals surface area (Å²) in [4.78, 5) is 3.38. The summed E-state index contributed by atoms with van der Waals surface area (Å²) in [5, 5.41) is 19.2. The molecule has 0 aliphatic carbocycles. The molecule has 0 amide bonds. The van der Waals surface area contributed by atoms with Gasteiger partial charge in [-0.15, -0.1) is 0 Å². The molecule has 44 heavy (non-hydrogen) atoms. The molecule has 0 atom stereocenters. The van der Waals surface area contributed by atoms with E-state index in [9.17, 15) is 31.6 Å². The summed E-state index contributed by atoms with van der Waals surface area (Å²) in [6.07, 6.45) is 0. The Balaban J connectivity index is 2.05. The van der Waals surface area contributed by atoms with Crippen LogP contribution < -0.4 is 14.5 Å². The average molecular weight is 648 g/mol. The lowest BCUT2D eigenvalue weighted by atomic mass is 9.82. The van der Waals surface area contributed by atoms with Crippen LogP contribution in [0.25, 0.3) is 0 Å². The van der Waals surface area contributed by atoms with E-state index in [0.29, 0.717) is 22.6 Å². The van der Waals surface area contributed by atoms with Gasteiger partial charge in [0.15, 0.2) is 0 Å². The number of hydrogen-bond acceptors (Lipinski definition) is 9. The van der Waals surface area contributed by atoms with Gasteiger partial charge in [-0.05, 0) is 57.5 Å². The lowest BCUT2D eigenvalue weighted by molar-refractivity contribution is 0.217. The van der Waals surface area contributed by atoms with Crippen LogP contribution >= 0.6 is 0 Å². The average Bonchev–Trinajstić information content (AvgIpc) is 3.00. The Morgan fingerprint density at radius 3 is 1.55 bits per heavy atom. The van der Waals surface area contributed by atoms with Gasteiger partial charge in [0.2, 0.25) is 10.0 Å². The fourth-order valence-corrected chi connectivity index (χ4v) is 8.01. The second kappa shape index (κ2) is 13.8. The highest BCUT2D eigenvalue weighted by molar-refractivity contribution is 7.89. The van der Waals surface area contributed by atoms with Crippen molar-refractivity contribution in [1.82, 2.24) is 4.31 Å². The number of ether oxygens (including phenoxy) is 1. The molecule has 0 saturated carbocycles. The second-order valence-electron chi connectivity index (χ2n) is 10.3. The minimum absolute atomic E-state index is 0.259. The van der Waals surface area contributed by atoms with Gasteiger partial charge in [-0.1, -0.05) is 18.2 Å². The van der Waals surface area contributed by atoms with E-state index in [1.54, 1.807) is 0 Å². The first-order chi connectivity index (χ1) is 20.9. The Morgan fingerprint density at radius 2 is 1.14 bits per heavy atom. The van der Waals surface area contributed by atoms with E-state index in [0.717, 1.165) is 47.9 Å². The molecule has 0 fully saturated rings. The lowest BCUT2D eigenvalue weighted by Crippen LogP contribution is -2.36. The van der Waals surface area contributed by atoms with Gasteiger partial charge >= 0.3 is 0 Å². The Labute approximate surface area is 260 Å². The standard InChI is InChI=1S/C31H41N3O8S2/c1-5-32(6-2)22-9-12-25-28(19-22)42-29-20-23(33(7-3)8-4)10-13-26(29)31(25)27-14-11-24(44(39,40)41)21-30(27)43(37,38)34(15-17-35)16-18-36/h9-14,19-21,31,35-36H,5-8,15-18H2,1-4H3,(H,39,40,41). The summed E-state index contributed by atoms with van der Waals surface area (Å²) < 4.78 is 69.8. The number of benzene rings is 3. The van der Waals surface area contributed by atoms with E-state index < -0.39 is 44.2 Å². The molecule has 3 aromatic rings. The molecule has 11 nitrogen and oxygen atoms in total. The van der Waals surface area contributed by atoms with Gasteiger partial charge in [0.25, 0.3) is 10.1 Å². The van der Waals surface area contributed by atoms with Crippen molar-refractivity contribution in [3.8, 4) is 11.5 Å². The topological polar surface area (TPSA) is 148 Å². The van der Waals surface area contributed by atoms with Crippen LogP contribution in [0.5, 0.6) is 11.5 Å². The molecular formula is C31H41N3O8S2. The molecule has 1 heterocycles. The number of aliphatic hydroxyl groups is 2. The van der Waals surface area contributed by atoms with Crippen molar-refractivity contribution < 1.29 is 36.3 Å². The summed E-state index contributed by atoms with van der Waals surface area (Å²) in [6.45, 7) is 9.62. The zero-order valence-electron chi connectivity index (χ0n) is 25.5. The minimum Gasteiger partial charge on any atom is -0.457 e. The van der Waals surface area contributed by atoms with Crippen molar-refractivity contribution in [2.75, 3.05) is 62.3 Å². The van der Waals surface area contributed by atoms with E-state index in [4.69, 9.17) is 4.74 Å². The van der Waals surface area contributed by atoms with Crippen LogP contribution in [-0.4, -0.2) is 88.4 Å². The molecule has 240 valence electrons. The number of rotatable bonds is 14. The number of hydrogen-bond donors (Lipinski definition) is 3. The predicted octanol–water partition coefficient (Wildman–Crippen LogP) is 3.89. The number of nitrogens with zero attached hydrogens (tertiary/aromatic N) is 3. The van der Waals surface area contributed by atoms with Crippen molar-refractivity contribution in [3.05, 3.63) is 71.3 Å². The van der Waals surface area contributed by atoms with Gasteiger partial charge in [-0.25, -0.2) is 8.42 Å². The Kier molecular flexibility index (Phi) is 10.6. The van der Waals surface area contributed by atoms with Crippen LogP contribution in [0.1, 0.15) is 50.3 Å². The summed E-state index contributed by atoms with van der Waals surface area (Å²) >= 11 is 0. The third kappa shape index (κ3) is 6.58. The van der Waals surface area contributed by atoms with Gasteiger partial charge in [0.1, 0.15) is 11.5 Å². The first-order valence-electron chi connectivity index (χ1n) is 14.7. The van der Waals surface area contributed by atoms with E-state index >= 15 is 0 Å². The minimum atomic E-state index is -4.76. The zero-order valence-corrected chi connectivity index (χ0v) is 27.1. The summed E-state index contributed by atoms with van der Waals surface area (Å²) in [5.74, 6) is 0.373. The molecule has 3 aromatic carbocycles. The van der Waals surface area contributed by atoms with E-state index in [-0.39, 0.29) is 23.5 Å². The maximum absolute atomic E-state index is 14.1. The van der Waals surface area contributed by atoms with Gasteiger partial charge in [-0.2, -0.15) is 12.7 Å². The van der Waals surface area contributed by atoms with Crippen molar-refractivity contribution in [2.24, 2.45) is 0 Å². The molecule has 3 N–H and O–H groups in total. The van der Waals surface area contributed by atoms with E-state index in [1.807, 2.05) is 36.4 Å². The first kappa shape index (κ1) is 33.7. The van der Waals surface area contributed by atoms with Gasteiger partial charge in [-0.3, -0.25) is 4.55 Å². The van der Waals surface area contributed by atoms with Crippen LogP contribution in [0.2, 0.25) is 0 Å². The molecule has 0 saturated heterocycles. The number of fused-ring (bicyclic) bond motifs is 2. The van der Waals surface area contributed by atoms with Crippen LogP contribution in [-0.2, 0) is 20.1 Å². The molecular weight excluding hydrogens is 606 g/mol. The fraction of sp³-hybridized carbons (Fsp3) is 0.419. The van der Waals surface area contributed by atoms with Crippen molar-refractivity contribution in [2.45, 2.75) is 43.4 Å². The van der Waals surface area contributed by atoms with Crippen molar-refractivity contribution in [1.29, 1.82) is 0 Å². The largest absolute Gasteiger partial charge is 0.457 e. The summed E-state index contributed by atoms with van der Waals surface area (Å²) in [5.41, 5.74) is 3.48. The molecule has 13 heteroatoms. The predicted molar refractivity (Wildman–Crippen MR) is 170 cm³/mol. The third-order valence-corrected chi connectivity index (χ3v) is 10.8. The van der Waals surface area contributed by atoms with Gasteiger partial charge in [0, 0.05) is 79.8 Å². The maximum atomic E-state index is 14.1. The molecule has 1 aliphatic rings. The van der Waals surface area contributed by atoms with Crippen molar-refractivity contribution in [3.63, 3.8) is 0 Å². The van der Waals surface area contributed by atoms with Gasteiger partial charge in [0.05, 0.1) is 23.0 Å². The van der Waals surface area contributed by atoms with Crippen LogP contribution in [0.15, 0.2) is 64.4 Å². The number of anilines is 2. The number of aliphatic hydroxyl groups excluding tert-OH is 2. The Morgan fingerprint density at radius 1 is 0.682 bits per heavy atom. The van der Waals surface area contributed by atoms with Crippen LogP contribution in [0.3, 0.4) is 0 Å². The SMILES string of the molecule is CCN(CC)c1ccc2c(c1)Oc1cc(N(CC)CC)ccc1C2c1ccc(S(=O)(=O)O)cc1S(=O)(=O)N(CCO)CCO. The quantitative estimate of drug-likeness (QED) is 0.172. The van der Waals surface area contributed by atoms with E-state index in [2.05, 4.69) is 37.5 Å². The maximum Gasteiger partial charge on any atom is 0.294 e. The molecule has 1 aliphatic heterocycles. The monoisotopic (exact) mass is 647 g/mol. The Bertz CT molecular complexity index is 1620. The highest BCUT2D eigenvalue weighted by Gasteiger charge is 2.36. The Hall–Kier alpha value is -3.20. The molecule has 0 radical (unpaired) electrons. The first-order valence-corrected chi connectivity index (χ1v) is 17.6. The normalized spacial score (nSPS) is 13.4. The fourth-order valence-electron chi connectivity index (χ4n) is 5.74. The summed E-state index contributed by atoms with van der Waals surface area (Å²) in [6, 6.07) is 15.0. The molecule has 0 spiro atoms. The van der Waals surface area contributed by atoms with Crippen LogP contribution in [0.4, 0.5) is 11.4 Å². The van der Waals surface area contributed by atoms with E-state index in [1.165, 1.54) is 12.1 Å².